The highest BCUT2D eigenvalue weighted by Gasteiger charge is 2.07. The van der Waals surface area contributed by atoms with Crippen LogP contribution in [0.5, 0.6) is 0 Å². The van der Waals surface area contributed by atoms with Crippen molar-refractivity contribution in [1.82, 2.24) is 4.98 Å². The average Bonchev–Trinajstić information content (AvgIpc) is 2.38. The van der Waals surface area contributed by atoms with Crippen molar-refractivity contribution in [2.75, 3.05) is 5.75 Å². The van der Waals surface area contributed by atoms with E-state index < -0.39 is 6.10 Å². The summed E-state index contributed by atoms with van der Waals surface area (Å²) in [6.07, 6.45) is 2.95. The van der Waals surface area contributed by atoms with Gasteiger partial charge in [0.25, 0.3) is 0 Å². The lowest BCUT2D eigenvalue weighted by Crippen LogP contribution is -2.00. The summed E-state index contributed by atoms with van der Waals surface area (Å²) in [5.74, 6) is 0.649. The van der Waals surface area contributed by atoms with Gasteiger partial charge in [-0.1, -0.05) is 24.3 Å². The number of pyridine rings is 1. The maximum atomic E-state index is 9.92. The van der Waals surface area contributed by atoms with E-state index in [1.807, 2.05) is 42.5 Å². The number of aliphatic hydroxyl groups excluding tert-OH is 1. The zero-order chi connectivity index (χ0) is 11.2. The van der Waals surface area contributed by atoms with E-state index >= 15 is 0 Å². The third kappa shape index (κ3) is 3.08. The molecule has 1 unspecified atom stereocenters. The van der Waals surface area contributed by atoms with E-state index in [1.54, 1.807) is 24.2 Å². The van der Waals surface area contributed by atoms with Crippen molar-refractivity contribution >= 4 is 11.8 Å². The largest absolute Gasteiger partial charge is 0.387 e. The standard InChI is InChI=1S/C13H13NOS/c15-13(11-5-4-8-14-9-11)10-16-12-6-2-1-3-7-12/h1-9,13,15H,10H2. The van der Waals surface area contributed by atoms with Crippen LogP contribution in [0.4, 0.5) is 0 Å². The molecule has 2 rings (SSSR count). The van der Waals surface area contributed by atoms with Crippen molar-refractivity contribution in [2.24, 2.45) is 0 Å². The van der Waals surface area contributed by atoms with Gasteiger partial charge < -0.3 is 5.11 Å². The second-order valence-electron chi connectivity index (χ2n) is 3.43. The van der Waals surface area contributed by atoms with E-state index in [9.17, 15) is 5.11 Å². The highest BCUT2D eigenvalue weighted by Crippen LogP contribution is 2.23. The van der Waals surface area contributed by atoms with Crippen LogP contribution in [0.15, 0.2) is 59.8 Å². The third-order valence-electron chi connectivity index (χ3n) is 2.22. The number of aliphatic hydroxyl groups is 1. The first-order valence-corrected chi connectivity index (χ1v) is 6.10. The van der Waals surface area contributed by atoms with Crippen LogP contribution in [-0.2, 0) is 0 Å². The van der Waals surface area contributed by atoms with Gasteiger partial charge in [-0.2, -0.15) is 0 Å². The molecule has 0 aliphatic rings. The molecule has 82 valence electrons. The molecule has 0 spiro atoms. The lowest BCUT2D eigenvalue weighted by atomic mass is 10.2. The predicted molar refractivity (Wildman–Crippen MR) is 66.4 cm³/mol. The topological polar surface area (TPSA) is 33.1 Å². The Hall–Kier alpha value is -1.32. The number of hydrogen-bond acceptors (Lipinski definition) is 3. The highest BCUT2D eigenvalue weighted by atomic mass is 32.2. The van der Waals surface area contributed by atoms with Gasteiger partial charge in [0.2, 0.25) is 0 Å². The average molecular weight is 231 g/mol. The van der Waals surface area contributed by atoms with Crippen LogP contribution in [0, 0.1) is 0 Å². The first-order chi connectivity index (χ1) is 7.86. The van der Waals surface area contributed by atoms with Crippen molar-refractivity contribution in [3.63, 3.8) is 0 Å². The molecule has 0 fully saturated rings. The number of hydrogen-bond donors (Lipinski definition) is 1. The number of nitrogens with zero attached hydrogens (tertiary/aromatic N) is 1. The summed E-state index contributed by atoms with van der Waals surface area (Å²) >= 11 is 1.65. The van der Waals surface area contributed by atoms with Crippen LogP contribution < -0.4 is 0 Å². The van der Waals surface area contributed by atoms with E-state index in [0.717, 1.165) is 5.56 Å². The van der Waals surface area contributed by atoms with Crippen molar-refractivity contribution in [3.05, 3.63) is 60.4 Å². The summed E-state index contributed by atoms with van der Waals surface area (Å²) in [6.45, 7) is 0. The van der Waals surface area contributed by atoms with Gasteiger partial charge in [-0.05, 0) is 23.8 Å². The first-order valence-electron chi connectivity index (χ1n) is 5.12. The zero-order valence-corrected chi connectivity index (χ0v) is 9.60. The van der Waals surface area contributed by atoms with Crippen molar-refractivity contribution in [2.45, 2.75) is 11.0 Å². The summed E-state index contributed by atoms with van der Waals surface area (Å²) in [7, 11) is 0. The molecule has 2 aromatic rings. The molecule has 0 bridgehead atoms. The molecule has 1 atom stereocenters. The highest BCUT2D eigenvalue weighted by molar-refractivity contribution is 7.99. The summed E-state index contributed by atoms with van der Waals surface area (Å²) < 4.78 is 0. The van der Waals surface area contributed by atoms with Gasteiger partial charge in [-0.25, -0.2) is 0 Å². The lowest BCUT2D eigenvalue weighted by Gasteiger charge is -2.09. The summed E-state index contributed by atoms with van der Waals surface area (Å²) in [6, 6.07) is 13.8. The lowest BCUT2D eigenvalue weighted by molar-refractivity contribution is 0.203. The van der Waals surface area contributed by atoms with Crippen LogP contribution in [0.1, 0.15) is 11.7 Å². The van der Waals surface area contributed by atoms with Crippen LogP contribution in [-0.4, -0.2) is 15.8 Å². The Morgan fingerprint density at radius 3 is 2.62 bits per heavy atom. The minimum Gasteiger partial charge on any atom is -0.387 e. The molecule has 1 N–H and O–H groups in total. The van der Waals surface area contributed by atoms with Crippen molar-refractivity contribution in [1.29, 1.82) is 0 Å². The van der Waals surface area contributed by atoms with Gasteiger partial charge >= 0.3 is 0 Å². The minimum atomic E-state index is -0.459. The van der Waals surface area contributed by atoms with Gasteiger partial charge in [-0.3, -0.25) is 4.98 Å². The Kier molecular flexibility index (Phi) is 3.97. The van der Waals surface area contributed by atoms with Gasteiger partial charge in [0.05, 0.1) is 6.10 Å². The number of thioether (sulfide) groups is 1. The molecule has 0 saturated heterocycles. The van der Waals surface area contributed by atoms with E-state index in [1.165, 1.54) is 4.90 Å². The predicted octanol–water partition coefficient (Wildman–Crippen LogP) is 2.91. The van der Waals surface area contributed by atoms with Gasteiger partial charge in [0.1, 0.15) is 0 Å². The molecule has 1 heterocycles. The fourth-order valence-corrected chi connectivity index (χ4v) is 2.25. The van der Waals surface area contributed by atoms with Crippen LogP contribution in [0.2, 0.25) is 0 Å². The maximum Gasteiger partial charge on any atom is 0.0898 e. The quantitative estimate of drug-likeness (QED) is 0.821. The normalized spacial score (nSPS) is 12.3. The van der Waals surface area contributed by atoms with Crippen molar-refractivity contribution in [3.8, 4) is 0 Å². The van der Waals surface area contributed by atoms with E-state index in [0.29, 0.717) is 5.75 Å². The van der Waals surface area contributed by atoms with Gasteiger partial charge in [0, 0.05) is 23.0 Å². The number of benzene rings is 1. The fourth-order valence-electron chi connectivity index (χ4n) is 1.36. The number of rotatable bonds is 4. The molecular formula is C13H13NOS. The second-order valence-corrected chi connectivity index (χ2v) is 4.52. The smallest absolute Gasteiger partial charge is 0.0898 e. The molecule has 3 heteroatoms. The summed E-state index contributed by atoms with van der Waals surface area (Å²) in [5.41, 5.74) is 0.867. The van der Waals surface area contributed by atoms with Crippen LogP contribution >= 0.6 is 11.8 Å². The summed E-state index contributed by atoms with van der Waals surface area (Å²) in [5, 5.41) is 9.92. The van der Waals surface area contributed by atoms with Crippen molar-refractivity contribution < 1.29 is 5.11 Å². The van der Waals surface area contributed by atoms with Crippen LogP contribution in [0.25, 0.3) is 0 Å². The summed E-state index contributed by atoms with van der Waals surface area (Å²) in [4.78, 5) is 5.16. The third-order valence-corrected chi connectivity index (χ3v) is 3.31. The molecule has 0 aliphatic heterocycles. The Morgan fingerprint density at radius 1 is 1.12 bits per heavy atom. The first kappa shape index (κ1) is 11.2. The molecule has 2 nitrogen and oxygen atoms in total. The molecule has 0 amide bonds. The Balaban J connectivity index is 1.92. The monoisotopic (exact) mass is 231 g/mol. The van der Waals surface area contributed by atoms with Gasteiger partial charge in [0.15, 0.2) is 0 Å². The Labute approximate surface area is 99.4 Å². The second kappa shape index (κ2) is 5.68. The van der Waals surface area contributed by atoms with E-state index in [-0.39, 0.29) is 0 Å². The SMILES string of the molecule is OC(CSc1ccccc1)c1cccnc1. The fraction of sp³-hybridized carbons (Fsp3) is 0.154. The van der Waals surface area contributed by atoms with E-state index in [4.69, 9.17) is 0 Å². The Morgan fingerprint density at radius 2 is 1.94 bits per heavy atom. The molecule has 16 heavy (non-hydrogen) atoms. The minimum absolute atomic E-state index is 0.459. The Bertz CT molecular complexity index is 418. The molecule has 0 saturated carbocycles. The zero-order valence-electron chi connectivity index (χ0n) is 8.78. The number of aromatic nitrogens is 1. The molecular weight excluding hydrogens is 218 g/mol. The maximum absolute atomic E-state index is 9.92. The van der Waals surface area contributed by atoms with E-state index in [2.05, 4.69) is 4.98 Å². The molecule has 0 radical (unpaired) electrons. The van der Waals surface area contributed by atoms with Crippen LogP contribution in [0.3, 0.4) is 0 Å². The molecule has 1 aromatic heterocycles. The molecule has 1 aromatic carbocycles. The molecule has 0 aliphatic carbocycles. The van der Waals surface area contributed by atoms with Gasteiger partial charge in [-0.15, -0.1) is 11.8 Å².